The highest BCUT2D eigenvalue weighted by Gasteiger charge is 2.16. The molecular formula is C15H19N3OS. The van der Waals surface area contributed by atoms with Gasteiger partial charge in [-0.05, 0) is 62.4 Å². The van der Waals surface area contributed by atoms with E-state index in [1.54, 1.807) is 11.8 Å². The molecule has 1 unspecified atom stereocenters. The van der Waals surface area contributed by atoms with Crippen molar-refractivity contribution in [2.24, 2.45) is 5.92 Å². The Morgan fingerprint density at radius 1 is 1.35 bits per heavy atom. The van der Waals surface area contributed by atoms with Crippen LogP contribution in [0.25, 0.3) is 11.4 Å². The molecule has 2 heterocycles. The average Bonchev–Trinajstić information content (AvgIpc) is 3.17. The van der Waals surface area contributed by atoms with Gasteiger partial charge in [-0.25, -0.2) is 0 Å². The number of aryl methyl sites for hydroxylation is 1. The van der Waals surface area contributed by atoms with Gasteiger partial charge in [-0.1, -0.05) is 5.16 Å². The summed E-state index contributed by atoms with van der Waals surface area (Å²) in [4.78, 5) is 5.73. The van der Waals surface area contributed by atoms with Crippen molar-refractivity contribution >= 4 is 11.8 Å². The van der Waals surface area contributed by atoms with Crippen molar-refractivity contribution in [1.82, 2.24) is 15.5 Å². The number of thioether (sulfide) groups is 1. The third kappa shape index (κ3) is 3.22. The zero-order valence-electron chi connectivity index (χ0n) is 11.6. The number of rotatable bonds is 5. The lowest BCUT2D eigenvalue weighted by Gasteiger charge is -2.03. The van der Waals surface area contributed by atoms with Gasteiger partial charge in [0.05, 0.1) is 0 Å². The number of benzene rings is 1. The van der Waals surface area contributed by atoms with Crippen molar-refractivity contribution in [2.45, 2.75) is 24.2 Å². The summed E-state index contributed by atoms with van der Waals surface area (Å²) in [6.45, 7) is 2.26. The van der Waals surface area contributed by atoms with Crippen molar-refractivity contribution in [3.8, 4) is 11.4 Å². The molecular weight excluding hydrogens is 270 g/mol. The quantitative estimate of drug-likeness (QED) is 0.858. The van der Waals surface area contributed by atoms with E-state index in [-0.39, 0.29) is 0 Å². The third-order valence-electron chi connectivity index (χ3n) is 3.75. The van der Waals surface area contributed by atoms with Gasteiger partial charge in [0.2, 0.25) is 11.7 Å². The summed E-state index contributed by atoms with van der Waals surface area (Å²) in [6.07, 6.45) is 5.33. The Morgan fingerprint density at radius 2 is 2.20 bits per heavy atom. The normalized spacial score (nSPS) is 18.6. The molecule has 1 saturated heterocycles. The molecule has 0 aliphatic carbocycles. The predicted molar refractivity (Wildman–Crippen MR) is 80.8 cm³/mol. The van der Waals surface area contributed by atoms with E-state index >= 15 is 0 Å². The minimum Gasteiger partial charge on any atom is -0.339 e. The third-order valence-corrected chi connectivity index (χ3v) is 4.49. The number of hydrogen-bond donors (Lipinski definition) is 1. The number of hydrogen-bond acceptors (Lipinski definition) is 5. The molecule has 3 rings (SSSR count). The molecule has 20 heavy (non-hydrogen) atoms. The lowest BCUT2D eigenvalue weighted by Crippen LogP contribution is -2.09. The molecule has 1 fully saturated rings. The lowest BCUT2D eigenvalue weighted by molar-refractivity contribution is 0.365. The second-order valence-corrected chi connectivity index (χ2v) is 6.02. The number of aromatic nitrogens is 2. The van der Waals surface area contributed by atoms with E-state index in [2.05, 4.69) is 33.8 Å². The van der Waals surface area contributed by atoms with E-state index in [1.165, 1.54) is 11.3 Å². The van der Waals surface area contributed by atoms with Crippen LogP contribution in [-0.4, -0.2) is 29.5 Å². The van der Waals surface area contributed by atoms with Gasteiger partial charge in [-0.2, -0.15) is 4.98 Å². The second-order valence-electron chi connectivity index (χ2n) is 5.14. The fourth-order valence-electron chi connectivity index (χ4n) is 2.50. The van der Waals surface area contributed by atoms with Crippen LogP contribution in [0.1, 0.15) is 18.7 Å². The van der Waals surface area contributed by atoms with Gasteiger partial charge in [-0.15, -0.1) is 11.8 Å². The Labute approximate surface area is 123 Å². The van der Waals surface area contributed by atoms with E-state index in [4.69, 9.17) is 4.52 Å². The van der Waals surface area contributed by atoms with Crippen LogP contribution in [0, 0.1) is 5.92 Å². The largest absolute Gasteiger partial charge is 0.339 e. The molecule has 1 N–H and O–H groups in total. The topological polar surface area (TPSA) is 51.0 Å². The molecule has 4 nitrogen and oxygen atoms in total. The summed E-state index contributed by atoms with van der Waals surface area (Å²) >= 11 is 1.73. The summed E-state index contributed by atoms with van der Waals surface area (Å²) in [5, 5.41) is 7.46. The van der Waals surface area contributed by atoms with E-state index in [1.807, 2.05) is 12.1 Å². The summed E-state index contributed by atoms with van der Waals surface area (Å²) in [5.74, 6) is 2.20. The molecule has 2 aromatic rings. The first-order valence-corrected chi connectivity index (χ1v) is 8.25. The van der Waals surface area contributed by atoms with Crippen molar-refractivity contribution in [3.63, 3.8) is 0 Å². The van der Waals surface area contributed by atoms with Gasteiger partial charge in [-0.3, -0.25) is 0 Å². The van der Waals surface area contributed by atoms with Crippen LogP contribution < -0.4 is 5.32 Å². The highest BCUT2D eigenvalue weighted by molar-refractivity contribution is 7.98. The molecule has 0 spiro atoms. The van der Waals surface area contributed by atoms with Crippen molar-refractivity contribution in [1.29, 1.82) is 0 Å². The highest BCUT2D eigenvalue weighted by atomic mass is 32.2. The molecule has 1 atom stereocenters. The molecule has 0 radical (unpaired) electrons. The van der Waals surface area contributed by atoms with Gasteiger partial charge in [0, 0.05) is 16.9 Å². The van der Waals surface area contributed by atoms with E-state index in [9.17, 15) is 0 Å². The van der Waals surface area contributed by atoms with Crippen LogP contribution in [0.4, 0.5) is 0 Å². The smallest absolute Gasteiger partial charge is 0.226 e. The van der Waals surface area contributed by atoms with Crippen LogP contribution in [0.3, 0.4) is 0 Å². The molecule has 1 aliphatic rings. The SMILES string of the molecule is CSc1ccc(-c2noc(CCC3CCNC3)n2)cc1. The first-order chi connectivity index (χ1) is 9.85. The van der Waals surface area contributed by atoms with Crippen molar-refractivity contribution in [2.75, 3.05) is 19.3 Å². The Bertz CT molecular complexity index is 547. The fourth-order valence-corrected chi connectivity index (χ4v) is 2.91. The maximum Gasteiger partial charge on any atom is 0.226 e. The molecule has 1 aliphatic heterocycles. The van der Waals surface area contributed by atoms with Gasteiger partial charge >= 0.3 is 0 Å². The van der Waals surface area contributed by atoms with Crippen molar-refractivity contribution < 1.29 is 4.52 Å². The summed E-state index contributed by atoms with van der Waals surface area (Å²) < 4.78 is 5.35. The van der Waals surface area contributed by atoms with Gasteiger partial charge in [0.1, 0.15) is 0 Å². The summed E-state index contributed by atoms with van der Waals surface area (Å²) in [5.41, 5.74) is 1.01. The Kier molecular flexibility index (Phi) is 4.38. The van der Waals surface area contributed by atoms with Gasteiger partial charge in [0.15, 0.2) is 0 Å². The number of nitrogens with zero attached hydrogens (tertiary/aromatic N) is 2. The second kappa shape index (κ2) is 6.41. The van der Waals surface area contributed by atoms with E-state index in [0.717, 1.165) is 43.3 Å². The Balaban J connectivity index is 1.62. The molecule has 0 saturated carbocycles. The molecule has 5 heteroatoms. The molecule has 0 amide bonds. The lowest BCUT2D eigenvalue weighted by atomic mass is 10.0. The molecule has 1 aromatic carbocycles. The minimum atomic E-state index is 0.692. The van der Waals surface area contributed by atoms with Crippen molar-refractivity contribution in [3.05, 3.63) is 30.2 Å². The minimum absolute atomic E-state index is 0.692. The van der Waals surface area contributed by atoms with Crippen LogP contribution in [-0.2, 0) is 6.42 Å². The molecule has 1 aromatic heterocycles. The summed E-state index contributed by atoms with van der Waals surface area (Å²) in [6, 6.07) is 8.25. The maximum absolute atomic E-state index is 5.35. The van der Waals surface area contributed by atoms with E-state index < -0.39 is 0 Å². The standard InChI is InChI=1S/C15H19N3OS/c1-20-13-5-3-12(4-6-13)15-17-14(19-18-15)7-2-11-8-9-16-10-11/h3-6,11,16H,2,7-10H2,1H3. The number of nitrogens with one attached hydrogen (secondary N) is 1. The van der Waals surface area contributed by atoms with Crippen LogP contribution in [0.15, 0.2) is 33.7 Å². The zero-order chi connectivity index (χ0) is 13.8. The first kappa shape index (κ1) is 13.6. The van der Waals surface area contributed by atoms with Gasteiger partial charge < -0.3 is 9.84 Å². The molecule has 106 valence electrons. The predicted octanol–water partition coefficient (Wildman–Crippen LogP) is 3.00. The fraction of sp³-hybridized carbons (Fsp3) is 0.467. The maximum atomic E-state index is 5.35. The van der Waals surface area contributed by atoms with Crippen LogP contribution >= 0.6 is 11.8 Å². The van der Waals surface area contributed by atoms with Crippen LogP contribution in [0.2, 0.25) is 0 Å². The summed E-state index contributed by atoms with van der Waals surface area (Å²) in [7, 11) is 0. The first-order valence-electron chi connectivity index (χ1n) is 7.03. The van der Waals surface area contributed by atoms with Gasteiger partial charge in [0.25, 0.3) is 0 Å². The zero-order valence-corrected chi connectivity index (χ0v) is 12.4. The van der Waals surface area contributed by atoms with E-state index in [0.29, 0.717) is 5.82 Å². The Hall–Kier alpha value is -1.33. The monoisotopic (exact) mass is 289 g/mol. The Morgan fingerprint density at radius 3 is 2.90 bits per heavy atom. The molecule has 0 bridgehead atoms. The highest BCUT2D eigenvalue weighted by Crippen LogP contribution is 2.22. The van der Waals surface area contributed by atoms with Crippen LogP contribution in [0.5, 0.6) is 0 Å². The average molecular weight is 289 g/mol.